The molecule has 0 aliphatic heterocycles. The van der Waals surface area contributed by atoms with Crippen LogP contribution in [0.2, 0.25) is 0 Å². The highest BCUT2D eigenvalue weighted by atomic mass is 79.9. The Morgan fingerprint density at radius 2 is 1.79 bits per heavy atom. The van der Waals surface area contributed by atoms with Crippen LogP contribution in [-0.4, -0.2) is 21.4 Å². The molecule has 0 spiro atoms. The van der Waals surface area contributed by atoms with Crippen molar-refractivity contribution in [1.29, 1.82) is 0 Å². The SMILES string of the molecule is COc1cc(CNc2ccccc2Oc2cc(=O)n(C)c(=O)n2C)cc(Br)c1O. The monoisotopic (exact) mass is 461 g/mol. The molecule has 1 aromatic heterocycles. The average Bonchev–Trinajstić information content (AvgIpc) is 2.72. The minimum atomic E-state index is -0.473. The van der Waals surface area contributed by atoms with Crippen LogP contribution in [0.4, 0.5) is 5.69 Å². The van der Waals surface area contributed by atoms with Gasteiger partial charge in [0.15, 0.2) is 17.2 Å². The van der Waals surface area contributed by atoms with E-state index in [1.54, 1.807) is 24.3 Å². The number of ether oxygens (including phenoxy) is 2. The Kier molecular flexibility index (Phi) is 5.97. The summed E-state index contributed by atoms with van der Waals surface area (Å²) in [6, 6.07) is 11.9. The Morgan fingerprint density at radius 3 is 2.52 bits per heavy atom. The molecule has 3 rings (SSSR count). The number of hydrogen-bond donors (Lipinski definition) is 2. The van der Waals surface area contributed by atoms with Crippen molar-refractivity contribution < 1.29 is 14.6 Å². The van der Waals surface area contributed by atoms with Crippen molar-refractivity contribution in [2.24, 2.45) is 14.1 Å². The Hall–Kier alpha value is -3.20. The summed E-state index contributed by atoms with van der Waals surface area (Å²) in [5.74, 6) is 0.990. The summed E-state index contributed by atoms with van der Waals surface area (Å²) in [5, 5.41) is 13.2. The van der Waals surface area contributed by atoms with Crippen LogP contribution >= 0.6 is 15.9 Å². The normalized spacial score (nSPS) is 10.6. The van der Waals surface area contributed by atoms with E-state index in [-0.39, 0.29) is 11.6 Å². The van der Waals surface area contributed by atoms with E-state index < -0.39 is 11.2 Å². The summed E-state index contributed by atoms with van der Waals surface area (Å²) in [4.78, 5) is 24.0. The minimum absolute atomic E-state index is 0.0339. The molecule has 0 unspecified atom stereocenters. The summed E-state index contributed by atoms with van der Waals surface area (Å²) in [5.41, 5.74) is 0.611. The number of phenolic OH excluding ortho intramolecular Hbond substituents is 1. The summed E-state index contributed by atoms with van der Waals surface area (Å²) < 4.78 is 13.8. The topological polar surface area (TPSA) is 94.7 Å². The van der Waals surface area contributed by atoms with Crippen molar-refractivity contribution >= 4 is 21.6 Å². The first-order valence-corrected chi connectivity index (χ1v) is 9.44. The maximum absolute atomic E-state index is 12.1. The van der Waals surface area contributed by atoms with E-state index in [0.717, 1.165) is 10.1 Å². The quantitative estimate of drug-likeness (QED) is 0.585. The van der Waals surface area contributed by atoms with Gasteiger partial charge in [-0.3, -0.25) is 13.9 Å². The van der Waals surface area contributed by atoms with E-state index in [1.807, 2.05) is 12.1 Å². The molecule has 0 amide bonds. The number of benzene rings is 2. The standard InChI is InChI=1S/C20H20BrN3O5/c1-23-17(25)10-18(24(2)20(23)27)29-15-7-5-4-6-14(15)22-11-12-8-13(21)19(26)16(9-12)28-3/h4-10,22,26H,11H2,1-3H3. The lowest BCUT2D eigenvalue weighted by molar-refractivity contribution is 0.371. The molecule has 3 aromatic rings. The van der Waals surface area contributed by atoms with E-state index >= 15 is 0 Å². The van der Waals surface area contributed by atoms with Crippen molar-refractivity contribution in [3.63, 3.8) is 0 Å². The number of aromatic nitrogens is 2. The number of methoxy groups -OCH3 is 1. The predicted octanol–water partition coefficient (Wildman–Crippen LogP) is 2.97. The molecule has 0 saturated heterocycles. The van der Waals surface area contributed by atoms with Crippen LogP contribution in [0.5, 0.6) is 23.1 Å². The third-order valence-electron chi connectivity index (χ3n) is 4.37. The molecule has 0 aliphatic rings. The first-order valence-electron chi connectivity index (χ1n) is 8.65. The van der Waals surface area contributed by atoms with Gasteiger partial charge in [0, 0.05) is 20.6 Å². The highest BCUT2D eigenvalue weighted by Crippen LogP contribution is 2.36. The van der Waals surface area contributed by atoms with Crippen LogP contribution in [0.3, 0.4) is 0 Å². The molecule has 1 heterocycles. The van der Waals surface area contributed by atoms with Crippen molar-refractivity contribution in [3.05, 3.63) is 73.3 Å². The summed E-state index contributed by atoms with van der Waals surface area (Å²) in [7, 11) is 4.43. The number of halogens is 1. The molecule has 0 bridgehead atoms. The lowest BCUT2D eigenvalue weighted by Crippen LogP contribution is -2.36. The van der Waals surface area contributed by atoms with Crippen LogP contribution in [0, 0.1) is 0 Å². The second-order valence-corrected chi connectivity index (χ2v) is 7.16. The van der Waals surface area contributed by atoms with Gasteiger partial charge in [-0.2, -0.15) is 0 Å². The smallest absolute Gasteiger partial charge is 0.333 e. The number of hydrogen-bond acceptors (Lipinski definition) is 6. The number of phenols is 1. The van der Waals surface area contributed by atoms with Crippen LogP contribution in [-0.2, 0) is 20.6 Å². The predicted molar refractivity (Wildman–Crippen MR) is 113 cm³/mol. The van der Waals surface area contributed by atoms with Gasteiger partial charge in [-0.05, 0) is 45.8 Å². The third-order valence-corrected chi connectivity index (χ3v) is 4.98. The van der Waals surface area contributed by atoms with Gasteiger partial charge in [0.2, 0.25) is 5.88 Å². The van der Waals surface area contributed by atoms with E-state index in [1.165, 1.54) is 31.8 Å². The van der Waals surface area contributed by atoms with Gasteiger partial charge in [0.05, 0.1) is 23.3 Å². The highest BCUT2D eigenvalue weighted by Gasteiger charge is 2.12. The number of aromatic hydroxyl groups is 1. The zero-order valence-electron chi connectivity index (χ0n) is 16.1. The first-order chi connectivity index (χ1) is 13.8. The first kappa shape index (κ1) is 20.5. The molecule has 8 nitrogen and oxygen atoms in total. The lowest BCUT2D eigenvalue weighted by atomic mass is 10.2. The van der Waals surface area contributed by atoms with Crippen molar-refractivity contribution in [2.75, 3.05) is 12.4 Å². The van der Waals surface area contributed by atoms with Gasteiger partial charge < -0.3 is 19.9 Å². The van der Waals surface area contributed by atoms with Gasteiger partial charge in [-0.15, -0.1) is 0 Å². The molecule has 2 N–H and O–H groups in total. The molecular formula is C20H20BrN3O5. The van der Waals surface area contributed by atoms with Gasteiger partial charge >= 0.3 is 5.69 Å². The molecule has 152 valence electrons. The second-order valence-electron chi connectivity index (χ2n) is 6.30. The van der Waals surface area contributed by atoms with Gasteiger partial charge in [0.1, 0.15) is 0 Å². The van der Waals surface area contributed by atoms with E-state index in [0.29, 0.717) is 28.2 Å². The Labute approximate surface area is 175 Å². The fourth-order valence-corrected chi connectivity index (χ4v) is 3.20. The Balaban J connectivity index is 1.87. The molecule has 2 aromatic carbocycles. The molecule has 0 radical (unpaired) electrons. The Morgan fingerprint density at radius 1 is 1.07 bits per heavy atom. The molecule has 29 heavy (non-hydrogen) atoms. The van der Waals surface area contributed by atoms with Crippen LogP contribution < -0.4 is 26.0 Å². The lowest BCUT2D eigenvalue weighted by Gasteiger charge is -2.15. The molecule has 0 saturated carbocycles. The van der Waals surface area contributed by atoms with E-state index in [9.17, 15) is 14.7 Å². The maximum atomic E-state index is 12.1. The highest BCUT2D eigenvalue weighted by molar-refractivity contribution is 9.10. The fourth-order valence-electron chi connectivity index (χ4n) is 2.71. The zero-order chi connectivity index (χ0) is 21.1. The number of rotatable bonds is 6. The third kappa shape index (κ3) is 4.29. The van der Waals surface area contributed by atoms with Crippen LogP contribution in [0.15, 0.2) is 56.5 Å². The summed E-state index contributed by atoms with van der Waals surface area (Å²) >= 11 is 3.30. The summed E-state index contributed by atoms with van der Waals surface area (Å²) in [6.07, 6.45) is 0. The fraction of sp³-hybridized carbons (Fsp3) is 0.200. The Bertz CT molecular complexity index is 1170. The number of nitrogens with one attached hydrogen (secondary N) is 1. The number of anilines is 1. The molecule has 0 fully saturated rings. The van der Waals surface area contributed by atoms with Gasteiger partial charge in [-0.1, -0.05) is 12.1 Å². The molecular weight excluding hydrogens is 442 g/mol. The average molecular weight is 462 g/mol. The second kappa shape index (κ2) is 8.44. The van der Waals surface area contributed by atoms with Crippen molar-refractivity contribution in [2.45, 2.75) is 6.54 Å². The van der Waals surface area contributed by atoms with Crippen molar-refractivity contribution in [1.82, 2.24) is 9.13 Å². The molecule has 0 atom stereocenters. The molecule has 0 aliphatic carbocycles. The zero-order valence-corrected chi connectivity index (χ0v) is 17.7. The minimum Gasteiger partial charge on any atom is -0.503 e. The van der Waals surface area contributed by atoms with Crippen LogP contribution in [0.25, 0.3) is 0 Å². The van der Waals surface area contributed by atoms with Gasteiger partial charge in [0.25, 0.3) is 5.56 Å². The van der Waals surface area contributed by atoms with E-state index in [4.69, 9.17) is 9.47 Å². The number of para-hydroxylation sites is 2. The number of nitrogens with zero attached hydrogens (tertiary/aromatic N) is 2. The van der Waals surface area contributed by atoms with Crippen molar-refractivity contribution in [3.8, 4) is 23.1 Å². The van der Waals surface area contributed by atoms with Crippen LogP contribution in [0.1, 0.15) is 5.56 Å². The molecule has 9 heteroatoms. The van der Waals surface area contributed by atoms with E-state index in [2.05, 4.69) is 21.2 Å². The maximum Gasteiger partial charge on any atom is 0.333 e. The largest absolute Gasteiger partial charge is 0.503 e. The summed E-state index contributed by atoms with van der Waals surface area (Å²) in [6.45, 7) is 0.422. The van der Waals surface area contributed by atoms with Gasteiger partial charge in [-0.25, -0.2) is 4.79 Å².